The summed E-state index contributed by atoms with van der Waals surface area (Å²) in [5.41, 5.74) is 2.83. The summed E-state index contributed by atoms with van der Waals surface area (Å²) in [7, 11) is 0. The topological polar surface area (TPSA) is 96.8 Å². The largest absolute Gasteiger partial charge is 0.481 e. The predicted molar refractivity (Wildman–Crippen MR) is 91.5 cm³/mol. The van der Waals surface area contributed by atoms with Gasteiger partial charge in [-0.2, -0.15) is 0 Å². The first kappa shape index (κ1) is 15.8. The zero-order valence-electron chi connectivity index (χ0n) is 13.3. The van der Waals surface area contributed by atoms with Crippen LogP contribution in [0.1, 0.15) is 41.6 Å². The maximum Gasteiger partial charge on any atom is 0.305 e. The van der Waals surface area contributed by atoms with Crippen LogP contribution in [0.5, 0.6) is 0 Å². The number of hydrogen-bond donors (Lipinski definition) is 4. The second kappa shape index (κ2) is 6.00. The van der Waals surface area contributed by atoms with E-state index in [9.17, 15) is 20.1 Å². The van der Waals surface area contributed by atoms with Gasteiger partial charge in [0.05, 0.1) is 12.5 Å². The number of carboxylic acids is 1. The summed E-state index contributed by atoms with van der Waals surface area (Å²) in [4.78, 5) is 16.1. The van der Waals surface area contributed by atoms with Gasteiger partial charge in [-0.15, -0.1) is 0 Å². The van der Waals surface area contributed by atoms with Gasteiger partial charge in [0.25, 0.3) is 0 Å². The zero-order valence-corrected chi connectivity index (χ0v) is 13.3. The molecule has 0 bridgehead atoms. The molecule has 6 heteroatoms. The third-order valence-electron chi connectivity index (χ3n) is 4.83. The van der Waals surface area contributed by atoms with Crippen molar-refractivity contribution in [3.05, 3.63) is 71.4 Å². The van der Waals surface area contributed by atoms with E-state index in [0.29, 0.717) is 11.1 Å². The average molecular weight is 338 g/mol. The first-order valence-electron chi connectivity index (χ1n) is 8.08. The molecule has 1 aliphatic heterocycles. The molecule has 25 heavy (non-hydrogen) atoms. The molecular weight excluding hydrogens is 320 g/mol. The lowest BCUT2D eigenvalue weighted by atomic mass is 10.0. The number of aromatic nitrogens is 1. The minimum atomic E-state index is -1.07. The van der Waals surface area contributed by atoms with Crippen molar-refractivity contribution in [3.8, 4) is 0 Å². The highest BCUT2D eigenvalue weighted by Gasteiger charge is 2.42. The van der Waals surface area contributed by atoms with E-state index in [1.807, 2.05) is 24.3 Å². The predicted octanol–water partition coefficient (Wildman–Crippen LogP) is 2.68. The fourth-order valence-corrected chi connectivity index (χ4v) is 3.69. The van der Waals surface area contributed by atoms with E-state index in [0.717, 1.165) is 16.5 Å². The summed E-state index contributed by atoms with van der Waals surface area (Å²) in [6.45, 7) is 0. The van der Waals surface area contributed by atoms with Crippen molar-refractivity contribution in [2.45, 2.75) is 24.9 Å². The van der Waals surface area contributed by atoms with Gasteiger partial charge >= 0.3 is 5.97 Å². The molecule has 0 radical (unpaired) electrons. The number of nitrogens with one attached hydrogen (secondary N) is 1. The number of rotatable bonds is 4. The van der Waals surface area contributed by atoms with Gasteiger partial charge in [0.2, 0.25) is 0 Å². The highest BCUT2D eigenvalue weighted by molar-refractivity contribution is 5.84. The Morgan fingerprint density at radius 1 is 1.04 bits per heavy atom. The van der Waals surface area contributed by atoms with E-state index in [2.05, 4.69) is 4.98 Å². The Morgan fingerprint density at radius 2 is 1.64 bits per heavy atom. The molecule has 6 nitrogen and oxygen atoms in total. The van der Waals surface area contributed by atoms with Gasteiger partial charge in [-0.3, -0.25) is 4.79 Å². The Balaban J connectivity index is 1.82. The normalized spacial score (nSPS) is 21.4. The van der Waals surface area contributed by atoms with Crippen LogP contribution in [0.4, 0.5) is 0 Å². The van der Waals surface area contributed by atoms with Crippen molar-refractivity contribution in [3.63, 3.8) is 0 Å². The van der Waals surface area contributed by atoms with Gasteiger partial charge in [0, 0.05) is 28.2 Å². The molecule has 4 rings (SSSR count). The summed E-state index contributed by atoms with van der Waals surface area (Å²) in [5, 5.41) is 31.7. The molecule has 3 atom stereocenters. The third-order valence-corrected chi connectivity index (χ3v) is 4.83. The molecular formula is C19H18N2O4. The van der Waals surface area contributed by atoms with E-state index < -0.39 is 24.5 Å². The molecule has 2 aromatic carbocycles. The Hall–Kier alpha value is -2.67. The van der Waals surface area contributed by atoms with E-state index in [1.54, 1.807) is 30.5 Å². The van der Waals surface area contributed by atoms with E-state index >= 15 is 0 Å². The standard InChI is InChI=1S/C19H18N2O4/c22-17(23)9-16(14-10-20-15-8-4-3-5-11(14)15)21-18(24)12-6-1-2-7-13(12)19(21)25/h1-8,10,16,18-20,24-25H,9H2,(H,22,23)/t16?,18-,19?/m0/s1. The molecule has 0 saturated heterocycles. The van der Waals surface area contributed by atoms with Gasteiger partial charge < -0.3 is 20.3 Å². The van der Waals surface area contributed by atoms with Gasteiger partial charge in [0.1, 0.15) is 12.5 Å². The molecule has 0 spiro atoms. The van der Waals surface area contributed by atoms with E-state index in [1.165, 1.54) is 4.90 Å². The average Bonchev–Trinajstić information content (AvgIpc) is 3.14. The fraction of sp³-hybridized carbons (Fsp3) is 0.211. The molecule has 0 saturated carbocycles. The Kier molecular flexibility index (Phi) is 3.80. The Bertz CT molecular complexity index is 907. The second-order valence-electron chi connectivity index (χ2n) is 6.23. The summed E-state index contributed by atoms with van der Waals surface area (Å²) in [6.07, 6.45) is -0.613. The molecule has 1 aliphatic rings. The van der Waals surface area contributed by atoms with Gasteiger partial charge in [-0.25, -0.2) is 4.90 Å². The number of carboxylic acid groups (broad SMARTS) is 1. The van der Waals surface area contributed by atoms with Crippen molar-refractivity contribution in [1.29, 1.82) is 0 Å². The highest BCUT2D eigenvalue weighted by atomic mass is 16.4. The molecule has 0 aliphatic carbocycles. The number of H-pyrrole nitrogens is 1. The number of aliphatic carboxylic acids is 1. The minimum Gasteiger partial charge on any atom is -0.481 e. The molecule has 3 aromatic rings. The summed E-state index contributed by atoms with van der Waals surface area (Å²) in [6, 6.07) is 14.0. The quantitative estimate of drug-likeness (QED) is 0.586. The van der Waals surface area contributed by atoms with Crippen LogP contribution in [-0.4, -0.2) is 31.2 Å². The maximum atomic E-state index is 11.5. The van der Waals surface area contributed by atoms with Crippen molar-refractivity contribution < 1.29 is 20.1 Å². The van der Waals surface area contributed by atoms with Gasteiger partial charge in [0.15, 0.2) is 0 Å². The van der Waals surface area contributed by atoms with Crippen molar-refractivity contribution in [2.24, 2.45) is 0 Å². The van der Waals surface area contributed by atoms with Crippen LogP contribution in [0, 0.1) is 0 Å². The lowest BCUT2D eigenvalue weighted by Crippen LogP contribution is -2.32. The number of benzene rings is 2. The number of hydrogen-bond acceptors (Lipinski definition) is 4. The van der Waals surface area contributed by atoms with Crippen LogP contribution in [0.3, 0.4) is 0 Å². The van der Waals surface area contributed by atoms with Gasteiger partial charge in [-0.05, 0) is 11.6 Å². The maximum absolute atomic E-state index is 11.5. The summed E-state index contributed by atoms with van der Waals surface area (Å²) < 4.78 is 0. The van der Waals surface area contributed by atoms with Crippen LogP contribution >= 0.6 is 0 Å². The molecule has 128 valence electrons. The second-order valence-corrected chi connectivity index (χ2v) is 6.23. The lowest BCUT2D eigenvalue weighted by Gasteiger charge is -2.32. The summed E-state index contributed by atoms with van der Waals surface area (Å²) >= 11 is 0. The number of aromatic amines is 1. The molecule has 4 N–H and O–H groups in total. The van der Waals surface area contributed by atoms with E-state index in [4.69, 9.17) is 0 Å². The summed E-state index contributed by atoms with van der Waals surface area (Å²) in [5.74, 6) is -0.995. The minimum absolute atomic E-state index is 0.232. The molecule has 2 heterocycles. The van der Waals surface area contributed by atoms with Crippen molar-refractivity contribution >= 4 is 16.9 Å². The Labute approximate surface area is 144 Å². The molecule has 0 amide bonds. The monoisotopic (exact) mass is 338 g/mol. The van der Waals surface area contributed by atoms with Crippen LogP contribution in [0.25, 0.3) is 10.9 Å². The number of nitrogens with zero attached hydrogens (tertiary/aromatic N) is 1. The first-order valence-corrected chi connectivity index (χ1v) is 8.08. The fourth-order valence-electron chi connectivity index (χ4n) is 3.69. The lowest BCUT2D eigenvalue weighted by molar-refractivity contribution is -0.145. The number of carbonyl (C=O) groups is 1. The van der Waals surface area contributed by atoms with Crippen molar-refractivity contribution in [2.75, 3.05) is 0 Å². The van der Waals surface area contributed by atoms with Crippen LogP contribution < -0.4 is 0 Å². The third kappa shape index (κ3) is 2.51. The number of para-hydroxylation sites is 1. The first-order chi connectivity index (χ1) is 12.1. The van der Waals surface area contributed by atoms with Crippen LogP contribution in [-0.2, 0) is 4.79 Å². The Morgan fingerprint density at radius 3 is 2.28 bits per heavy atom. The number of aliphatic hydroxyl groups excluding tert-OH is 2. The number of aliphatic hydroxyl groups is 2. The molecule has 1 aromatic heterocycles. The SMILES string of the molecule is O=C(O)CC(c1c[nH]c2ccccc12)N1C(O)c2ccccc2[C@@H]1O. The highest BCUT2D eigenvalue weighted by Crippen LogP contribution is 2.46. The number of fused-ring (bicyclic) bond motifs is 2. The van der Waals surface area contributed by atoms with E-state index in [-0.39, 0.29) is 6.42 Å². The van der Waals surface area contributed by atoms with Crippen molar-refractivity contribution in [1.82, 2.24) is 9.88 Å². The molecule has 0 fully saturated rings. The zero-order chi connectivity index (χ0) is 17.6. The van der Waals surface area contributed by atoms with Crippen LogP contribution in [0.15, 0.2) is 54.7 Å². The molecule has 2 unspecified atom stereocenters. The van der Waals surface area contributed by atoms with Gasteiger partial charge in [-0.1, -0.05) is 42.5 Å². The smallest absolute Gasteiger partial charge is 0.305 e. The van der Waals surface area contributed by atoms with Crippen LogP contribution in [0.2, 0.25) is 0 Å².